The second-order valence-electron chi connectivity index (χ2n) is 6.01. The zero-order chi connectivity index (χ0) is 16.3. The van der Waals surface area contributed by atoms with E-state index in [1.165, 1.54) is 11.1 Å². The molecule has 122 valence electrons. The van der Waals surface area contributed by atoms with E-state index >= 15 is 0 Å². The van der Waals surface area contributed by atoms with Crippen molar-refractivity contribution >= 4 is 10.1 Å². The summed E-state index contributed by atoms with van der Waals surface area (Å²) in [5.74, 6) is 0. The zero-order valence-corrected chi connectivity index (χ0v) is 13.9. The lowest BCUT2D eigenvalue weighted by Crippen LogP contribution is -2.47. The molecule has 1 aliphatic carbocycles. The van der Waals surface area contributed by atoms with Crippen molar-refractivity contribution in [2.45, 2.75) is 31.0 Å². The Bertz CT molecular complexity index is 686. The normalized spacial score (nSPS) is 21.1. The van der Waals surface area contributed by atoms with Gasteiger partial charge in [0, 0.05) is 6.04 Å². The quantitative estimate of drug-likeness (QED) is 0.827. The van der Waals surface area contributed by atoms with Crippen molar-refractivity contribution in [1.82, 2.24) is 5.32 Å². The largest absolute Gasteiger partial charge is 0.303 e. The molecule has 0 radical (unpaired) electrons. The van der Waals surface area contributed by atoms with E-state index in [-0.39, 0.29) is 18.2 Å². The summed E-state index contributed by atoms with van der Waals surface area (Å²) < 4.78 is 27.4. The molecule has 0 unspecified atom stereocenters. The molecule has 2 aromatic rings. The third-order valence-electron chi connectivity index (χ3n) is 4.07. The van der Waals surface area contributed by atoms with Gasteiger partial charge in [-0.15, -0.1) is 0 Å². The third kappa shape index (κ3) is 4.41. The van der Waals surface area contributed by atoms with Crippen LogP contribution in [0.15, 0.2) is 60.7 Å². The van der Waals surface area contributed by atoms with Gasteiger partial charge in [0.05, 0.1) is 18.4 Å². The van der Waals surface area contributed by atoms with E-state index in [9.17, 15) is 8.42 Å². The van der Waals surface area contributed by atoms with Crippen molar-refractivity contribution in [3.05, 3.63) is 71.8 Å². The van der Waals surface area contributed by atoms with Gasteiger partial charge >= 0.3 is 0 Å². The molecule has 5 heteroatoms. The number of rotatable bonds is 6. The zero-order valence-electron chi connectivity index (χ0n) is 13.1. The molecule has 1 saturated carbocycles. The summed E-state index contributed by atoms with van der Waals surface area (Å²) >= 11 is 0. The average molecular weight is 331 g/mol. The molecule has 0 spiro atoms. The first-order valence-corrected chi connectivity index (χ1v) is 9.57. The van der Waals surface area contributed by atoms with E-state index in [4.69, 9.17) is 4.18 Å². The van der Waals surface area contributed by atoms with Gasteiger partial charge in [-0.25, -0.2) is 0 Å². The highest BCUT2D eigenvalue weighted by Gasteiger charge is 2.34. The molecule has 0 amide bonds. The summed E-state index contributed by atoms with van der Waals surface area (Å²) in [4.78, 5) is 0. The van der Waals surface area contributed by atoms with Gasteiger partial charge in [0.15, 0.2) is 0 Å². The molecule has 0 aliphatic heterocycles. The van der Waals surface area contributed by atoms with Crippen LogP contribution in [0.1, 0.15) is 30.0 Å². The van der Waals surface area contributed by atoms with E-state index in [2.05, 4.69) is 29.6 Å². The fraction of sp³-hybridized carbons (Fsp3) is 0.333. The van der Waals surface area contributed by atoms with Crippen molar-refractivity contribution in [3.8, 4) is 0 Å². The summed E-state index contributed by atoms with van der Waals surface area (Å²) in [5, 5.41) is 3.63. The summed E-state index contributed by atoms with van der Waals surface area (Å²) in [6, 6.07) is 20.9. The molecule has 0 heterocycles. The van der Waals surface area contributed by atoms with Crippen LogP contribution in [0.4, 0.5) is 0 Å². The van der Waals surface area contributed by atoms with Gasteiger partial charge in [-0.05, 0) is 24.0 Å². The third-order valence-corrected chi connectivity index (χ3v) is 4.70. The molecule has 23 heavy (non-hydrogen) atoms. The van der Waals surface area contributed by atoms with Crippen LogP contribution < -0.4 is 5.32 Å². The Labute approximate surface area is 137 Å². The molecule has 0 bridgehead atoms. The molecule has 0 saturated heterocycles. The van der Waals surface area contributed by atoms with E-state index < -0.39 is 10.1 Å². The predicted octanol–water partition coefficient (Wildman–Crippen LogP) is 2.87. The van der Waals surface area contributed by atoms with E-state index in [0.717, 1.165) is 6.26 Å². The number of benzene rings is 2. The van der Waals surface area contributed by atoms with Crippen LogP contribution in [0, 0.1) is 0 Å². The predicted molar refractivity (Wildman–Crippen MR) is 90.6 cm³/mol. The van der Waals surface area contributed by atoms with Crippen LogP contribution in [0.25, 0.3) is 0 Å². The molecule has 0 atom stereocenters. The lowest BCUT2D eigenvalue weighted by Gasteiger charge is -2.37. The van der Waals surface area contributed by atoms with Gasteiger partial charge in [0.1, 0.15) is 0 Å². The van der Waals surface area contributed by atoms with E-state index in [0.29, 0.717) is 12.8 Å². The van der Waals surface area contributed by atoms with E-state index in [1.807, 2.05) is 36.4 Å². The lowest BCUT2D eigenvalue weighted by atomic mass is 9.87. The Hall–Kier alpha value is -1.69. The van der Waals surface area contributed by atoms with Gasteiger partial charge in [0.2, 0.25) is 0 Å². The number of hydrogen-bond donors (Lipinski definition) is 1. The SMILES string of the molecule is CS(=O)(=O)OC1CC(NC(c2ccccc2)c2ccccc2)C1. The Balaban J connectivity index is 1.69. The minimum absolute atomic E-state index is 0.0987. The lowest BCUT2D eigenvalue weighted by molar-refractivity contribution is 0.0888. The van der Waals surface area contributed by atoms with Crippen molar-refractivity contribution in [3.63, 3.8) is 0 Å². The van der Waals surface area contributed by atoms with Crippen molar-refractivity contribution in [2.24, 2.45) is 0 Å². The van der Waals surface area contributed by atoms with Crippen LogP contribution in [0.2, 0.25) is 0 Å². The van der Waals surface area contributed by atoms with Crippen LogP contribution in [-0.2, 0) is 14.3 Å². The van der Waals surface area contributed by atoms with E-state index in [1.54, 1.807) is 0 Å². The summed E-state index contributed by atoms with van der Waals surface area (Å²) in [6.45, 7) is 0. The molecule has 1 N–H and O–H groups in total. The first-order chi connectivity index (χ1) is 11.0. The van der Waals surface area contributed by atoms with Crippen molar-refractivity contribution in [2.75, 3.05) is 6.26 Å². The summed E-state index contributed by atoms with van der Waals surface area (Å²) in [6.07, 6.45) is 2.33. The minimum Gasteiger partial charge on any atom is -0.303 e. The maximum absolute atomic E-state index is 11.2. The van der Waals surface area contributed by atoms with Gasteiger partial charge in [-0.1, -0.05) is 60.7 Å². The molecule has 1 aliphatic rings. The Morgan fingerprint density at radius 1 is 0.957 bits per heavy atom. The fourth-order valence-electron chi connectivity index (χ4n) is 2.94. The first kappa shape index (κ1) is 16.2. The highest BCUT2D eigenvalue weighted by atomic mass is 32.2. The second kappa shape index (κ2) is 6.83. The fourth-order valence-corrected chi connectivity index (χ4v) is 3.59. The first-order valence-electron chi connectivity index (χ1n) is 7.75. The van der Waals surface area contributed by atoms with Crippen LogP contribution in [0.3, 0.4) is 0 Å². The minimum atomic E-state index is -3.37. The average Bonchev–Trinajstić information content (AvgIpc) is 2.50. The molecule has 2 aromatic carbocycles. The molecular weight excluding hydrogens is 310 g/mol. The Morgan fingerprint density at radius 3 is 1.87 bits per heavy atom. The smallest absolute Gasteiger partial charge is 0.264 e. The second-order valence-corrected chi connectivity index (χ2v) is 7.61. The van der Waals surface area contributed by atoms with Crippen LogP contribution >= 0.6 is 0 Å². The van der Waals surface area contributed by atoms with Gasteiger partial charge in [-0.2, -0.15) is 8.42 Å². The topological polar surface area (TPSA) is 55.4 Å². The molecule has 1 fully saturated rings. The van der Waals surface area contributed by atoms with Crippen LogP contribution in [-0.4, -0.2) is 26.8 Å². The van der Waals surface area contributed by atoms with Crippen LogP contribution in [0.5, 0.6) is 0 Å². The summed E-state index contributed by atoms with van der Waals surface area (Å²) in [7, 11) is -3.37. The van der Waals surface area contributed by atoms with Crippen molar-refractivity contribution in [1.29, 1.82) is 0 Å². The van der Waals surface area contributed by atoms with Crippen molar-refractivity contribution < 1.29 is 12.6 Å². The highest BCUT2D eigenvalue weighted by Crippen LogP contribution is 2.30. The standard InChI is InChI=1S/C18H21NO3S/c1-23(20,21)22-17-12-16(13-17)19-18(14-8-4-2-5-9-14)15-10-6-3-7-11-15/h2-11,16-19H,12-13H2,1H3. The number of nitrogens with one attached hydrogen (secondary N) is 1. The molecule has 3 rings (SSSR count). The molecule has 0 aromatic heterocycles. The van der Waals surface area contributed by atoms with Gasteiger partial charge in [0.25, 0.3) is 10.1 Å². The summed E-state index contributed by atoms with van der Waals surface area (Å²) in [5.41, 5.74) is 2.40. The van der Waals surface area contributed by atoms with Gasteiger partial charge in [-0.3, -0.25) is 4.18 Å². The molecular formula is C18H21NO3S. The van der Waals surface area contributed by atoms with Gasteiger partial charge < -0.3 is 5.32 Å². The molecule has 4 nitrogen and oxygen atoms in total. The Morgan fingerprint density at radius 2 is 1.43 bits per heavy atom. The Kier molecular flexibility index (Phi) is 4.80. The maximum Gasteiger partial charge on any atom is 0.264 e. The maximum atomic E-state index is 11.2. The monoisotopic (exact) mass is 331 g/mol. The number of hydrogen-bond acceptors (Lipinski definition) is 4. The highest BCUT2D eigenvalue weighted by molar-refractivity contribution is 7.86.